The lowest BCUT2D eigenvalue weighted by atomic mass is 10.1. The molecule has 3 aromatic heterocycles. The number of rotatable bonds is 5. The zero-order valence-corrected chi connectivity index (χ0v) is 19.2. The molecule has 7 nitrogen and oxygen atoms in total. The summed E-state index contributed by atoms with van der Waals surface area (Å²) in [5.74, 6) is 1.51. The minimum Gasteiger partial charge on any atom is -0.496 e. The second kappa shape index (κ2) is 8.22. The zero-order chi connectivity index (χ0) is 22.2. The van der Waals surface area contributed by atoms with E-state index in [1.807, 2.05) is 43.3 Å². The number of benzene rings is 2. The first-order chi connectivity index (χ1) is 15.5. The van der Waals surface area contributed by atoms with Crippen LogP contribution in [0.4, 0.5) is 10.9 Å². The highest BCUT2D eigenvalue weighted by atomic mass is 35.5. The molecule has 0 unspecified atom stereocenters. The first-order valence-corrected chi connectivity index (χ1v) is 11.1. The van der Waals surface area contributed by atoms with Gasteiger partial charge < -0.3 is 10.1 Å². The third-order valence-electron chi connectivity index (χ3n) is 5.11. The molecule has 0 spiro atoms. The number of fused-ring (bicyclic) bond motifs is 1. The molecule has 3 heterocycles. The molecule has 32 heavy (non-hydrogen) atoms. The number of methoxy groups -OCH3 is 1. The number of hydrogen-bond acceptors (Lipinski definition) is 7. The van der Waals surface area contributed by atoms with Gasteiger partial charge in [0, 0.05) is 15.5 Å². The molecule has 0 aliphatic rings. The van der Waals surface area contributed by atoms with Gasteiger partial charge in [0.2, 0.25) is 0 Å². The van der Waals surface area contributed by atoms with Gasteiger partial charge in [-0.1, -0.05) is 17.7 Å². The molecule has 1 N–H and O–H groups in total. The van der Waals surface area contributed by atoms with Crippen molar-refractivity contribution in [2.24, 2.45) is 0 Å². The molecule has 0 saturated carbocycles. The summed E-state index contributed by atoms with van der Waals surface area (Å²) in [5, 5.41) is 10.0. The molecule has 5 rings (SSSR count). The molecule has 5 aromatic rings. The molecule has 9 heteroatoms. The average molecular weight is 463 g/mol. The van der Waals surface area contributed by atoms with Gasteiger partial charge >= 0.3 is 0 Å². The molecule has 0 aliphatic heterocycles. The summed E-state index contributed by atoms with van der Waals surface area (Å²) in [5.41, 5.74) is 4.57. The molecule has 0 bridgehead atoms. The monoisotopic (exact) mass is 462 g/mol. The van der Waals surface area contributed by atoms with Crippen LogP contribution < -0.4 is 10.1 Å². The van der Waals surface area contributed by atoms with E-state index in [4.69, 9.17) is 21.3 Å². The van der Waals surface area contributed by atoms with E-state index in [0.717, 1.165) is 43.7 Å². The summed E-state index contributed by atoms with van der Waals surface area (Å²) < 4.78 is 7.11. The molecular weight excluding hydrogens is 444 g/mol. The number of thiazole rings is 1. The molecule has 0 amide bonds. The summed E-state index contributed by atoms with van der Waals surface area (Å²) >= 11 is 7.72. The van der Waals surface area contributed by atoms with Gasteiger partial charge in [0.05, 0.1) is 30.1 Å². The highest BCUT2D eigenvalue weighted by molar-refractivity contribution is 7.16. The normalized spacial score (nSPS) is 11.1. The fraction of sp³-hybridized carbons (Fsp3) is 0.130. The number of anilines is 2. The Balaban J connectivity index is 1.49. The third kappa shape index (κ3) is 3.68. The van der Waals surface area contributed by atoms with Crippen LogP contribution in [0.1, 0.15) is 10.4 Å². The maximum Gasteiger partial charge on any atom is 0.189 e. The fourth-order valence-electron chi connectivity index (χ4n) is 3.59. The molecule has 160 valence electrons. The largest absolute Gasteiger partial charge is 0.496 e. The van der Waals surface area contributed by atoms with Crippen molar-refractivity contribution in [2.45, 2.75) is 13.8 Å². The van der Waals surface area contributed by atoms with Crippen LogP contribution in [-0.4, -0.2) is 31.8 Å². The number of halogens is 1. The van der Waals surface area contributed by atoms with Gasteiger partial charge in [0.25, 0.3) is 0 Å². The van der Waals surface area contributed by atoms with Crippen molar-refractivity contribution < 1.29 is 4.74 Å². The molecule has 0 atom stereocenters. The predicted molar refractivity (Wildman–Crippen MR) is 129 cm³/mol. The first kappa shape index (κ1) is 20.4. The summed E-state index contributed by atoms with van der Waals surface area (Å²) in [7, 11) is 1.68. The van der Waals surface area contributed by atoms with Crippen LogP contribution in [0.3, 0.4) is 0 Å². The number of aryl methyl sites for hydroxylation is 2. The van der Waals surface area contributed by atoms with Crippen molar-refractivity contribution in [3.8, 4) is 22.7 Å². The number of nitrogens with zero attached hydrogens (tertiary/aromatic N) is 5. The summed E-state index contributed by atoms with van der Waals surface area (Å²) in [6, 6.07) is 13.6. The van der Waals surface area contributed by atoms with Crippen LogP contribution in [0.25, 0.3) is 28.0 Å². The van der Waals surface area contributed by atoms with E-state index in [-0.39, 0.29) is 0 Å². The molecule has 0 fully saturated rings. The van der Waals surface area contributed by atoms with E-state index in [1.165, 1.54) is 6.33 Å². The van der Waals surface area contributed by atoms with E-state index in [1.54, 1.807) is 29.3 Å². The fourth-order valence-corrected chi connectivity index (χ4v) is 4.60. The second-order valence-corrected chi connectivity index (χ2v) is 8.87. The number of aromatic nitrogens is 5. The first-order valence-electron chi connectivity index (χ1n) is 9.87. The van der Waals surface area contributed by atoms with Gasteiger partial charge in [-0.25, -0.2) is 19.6 Å². The van der Waals surface area contributed by atoms with Crippen molar-refractivity contribution >= 4 is 44.9 Å². The van der Waals surface area contributed by atoms with Crippen LogP contribution >= 0.6 is 22.9 Å². The molecule has 2 aromatic carbocycles. The van der Waals surface area contributed by atoms with Crippen molar-refractivity contribution in [1.29, 1.82) is 0 Å². The Kier molecular flexibility index (Phi) is 5.24. The molecule has 0 aliphatic carbocycles. The van der Waals surface area contributed by atoms with Crippen LogP contribution in [0, 0.1) is 13.8 Å². The van der Waals surface area contributed by atoms with E-state index >= 15 is 0 Å². The summed E-state index contributed by atoms with van der Waals surface area (Å²) in [4.78, 5) is 14.8. The maximum atomic E-state index is 6.15. The minimum atomic E-state index is 0.637. The van der Waals surface area contributed by atoms with Gasteiger partial charge in [-0.05, 0) is 55.8 Å². The van der Waals surface area contributed by atoms with E-state index in [0.29, 0.717) is 16.5 Å². The summed E-state index contributed by atoms with van der Waals surface area (Å²) in [6.07, 6.45) is 3.26. The van der Waals surface area contributed by atoms with Crippen molar-refractivity contribution in [1.82, 2.24) is 24.7 Å². The molecule has 0 radical (unpaired) electrons. The Morgan fingerprint density at radius 2 is 1.97 bits per heavy atom. The smallest absolute Gasteiger partial charge is 0.189 e. The Hall–Kier alpha value is -3.49. The van der Waals surface area contributed by atoms with Gasteiger partial charge in [0.15, 0.2) is 10.8 Å². The maximum absolute atomic E-state index is 6.15. The second-order valence-electron chi connectivity index (χ2n) is 7.23. The Bertz CT molecular complexity index is 1440. The highest BCUT2D eigenvalue weighted by Crippen LogP contribution is 2.34. The number of hydrogen-bond donors (Lipinski definition) is 1. The van der Waals surface area contributed by atoms with E-state index in [9.17, 15) is 0 Å². The quantitative estimate of drug-likeness (QED) is 0.347. The van der Waals surface area contributed by atoms with Gasteiger partial charge in [-0.15, -0.1) is 11.3 Å². The van der Waals surface area contributed by atoms with Crippen LogP contribution in [0.2, 0.25) is 5.02 Å². The highest BCUT2D eigenvalue weighted by Gasteiger charge is 2.15. The van der Waals surface area contributed by atoms with Crippen molar-refractivity contribution in [2.75, 3.05) is 12.4 Å². The zero-order valence-electron chi connectivity index (χ0n) is 17.6. The van der Waals surface area contributed by atoms with E-state index in [2.05, 4.69) is 33.4 Å². The van der Waals surface area contributed by atoms with Gasteiger partial charge in [0.1, 0.15) is 17.9 Å². The third-order valence-corrected chi connectivity index (χ3v) is 6.23. The summed E-state index contributed by atoms with van der Waals surface area (Å²) in [6.45, 7) is 4.09. The van der Waals surface area contributed by atoms with Gasteiger partial charge in [-0.3, -0.25) is 0 Å². The number of ether oxygens (including phenoxy) is 1. The Morgan fingerprint density at radius 1 is 1.09 bits per heavy atom. The molecular formula is C23H19ClN6OS. The predicted octanol–water partition coefficient (Wildman–Crippen LogP) is 5.96. The Labute approximate surface area is 193 Å². The average Bonchev–Trinajstić information content (AvgIpc) is 3.38. The topological polar surface area (TPSA) is 77.8 Å². The lowest BCUT2D eigenvalue weighted by molar-refractivity contribution is 0.412. The van der Waals surface area contributed by atoms with Crippen molar-refractivity contribution in [3.63, 3.8) is 0 Å². The SMILES string of the molecule is COc1ccc(-c2nc(Nc3ncnc4c3cnn4-c3cccc(Cl)c3)sc2C)cc1C. The van der Waals surface area contributed by atoms with Crippen LogP contribution in [0.15, 0.2) is 55.0 Å². The molecule has 0 saturated heterocycles. The minimum absolute atomic E-state index is 0.637. The number of nitrogens with one attached hydrogen (secondary N) is 1. The van der Waals surface area contributed by atoms with Crippen molar-refractivity contribution in [3.05, 3.63) is 70.5 Å². The Morgan fingerprint density at radius 3 is 2.75 bits per heavy atom. The standard InChI is InChI=1S/C23H19ClN6OS/c1-13-9-15(7-8-19(13)31-3)20-14(2)32-23(28-20)29-21-18-11-27-30(22(18)26-12-25-21)17-6-4-5-16(24)10-17/h4-12H,1-3H3,(H,25,26,28,29). The van der Waals surface area contributed by atoms with E-state index < -0.39 is 0 Å². The lowest BCUT2D eigenvalue weighted by Crippen LogP contribution is -1.99. The van der Waals surface area contributed by atoms with Gasteiger partial charge in [-0.2, -0.15) is 5.10 Å². The lowest BCUT2D eigenvalue weighted by Gasteiger charge is -2.06. The van der Waals surface area contributed by atoms with Crippen LogP contribution in [-0.2, 0) is 0 Å². The van der Waals surface area contributed by atoms with Crippen LogP contribution in [0.5, 0.6) is 5.75 Å².